The standard InChI is InChI=1S/C24H28O2/c1-3-4-5-6-7-8-9-24(25)22-16-12-20(13-17-22)10-11-21-14-18-23(26-2)19-15-21/h12-19H,3-9H2,1-2H3. The Bertz CT molecular complexity index is 731. The van der Waals surface area contributed by atoms with Gasteiger partial charge in [-0.25, -0.2) is 0 Å². The number of rotatable bonds is 9. The highest BCUT2D eigenvalue weighted by atomic mass is 16.5. The number of unbranched alkanes of at least 4 members (excludes halogenated alkanes) is 5. The van der Waals surface area contributed by atoms with Gasteiger partial charge in [0.25, 0.3) is 0 Å². The zero-order chi connectivity index (χ0) is 18.6. The SMILES string of the molecule is CCCCCCCCC(=O)c1ccc(C#Cc2ccc(OC)cc2)cc1. The monoisotopic (exact) mass is 348 g/mol. The van der Waals surface area contributed by atoms with Gasteiger partial charge >= 0.3 is 0 Å². The summed E-state index contributed by atoms with van der Waals surface area (Å²) in [5, 5.41) is 0. The third-order valence-corrected chi connectivity index (χ3v) is 4.41. The molecule has 0 aliphatic carbocycles. The molecule has 0 saturated heterocycles. The van der Waals surface area contributed by atoms with E-state index in [0.29, 0.717) is 6.42 Å². The van der Waals surface area contributed by atoms with E-state index in [0.717, 1.165) is 35.3 Å². The molecule has 0 N–H and O–H groups in total. The van der Waals surface area contributed by atoms with E-state index in [9.17, 15) is 4.79 Å². The fourth-order valence-electron chi connectivity index (χ4n) is 2.77. The van der Waals surface area contributed by atoms with E-state index < -0.39 is 0 Å². The lowest BCUT2D eigenvalue weighted by Crippen LogP contribution is -1.98. The summed E-state index contributed by atoms with van der Waals surface area (Å²) < 4.78 is 5.14. The molecule has 0 heterocycles. The van der Waals surface area contributed by atoms with Crippen molar-refractivity contribution in [3.8, 4) is 17.6 Å². The van der Waals surface area contributed by atoms with E-state index in [1.165, 1.54) is 25.7 Å². The zero-order valence-electron chi connectivity index (χ0n) is 15.9. The highest BCUT2D eigenvalue weighted by molar-refractivity contribution is 5.96. The molecule has 0 aliphatic heterocycles. The Morgan fingerprint density at radius 3 is 1.92 bits per heavy atom. The van der Waals surface area contributed by atoms with E-state index in [1.807, 2.05) is 48.5 Å². The highest BCUT2D eigenvalue weighted by Crippen LogP contribution is 2.13. The first-order valence-corrected chi connectivity index (χ1v) is 9.52. The molecular formula is C24H28O2. The van der Waals surface area contributed by atoms with Crippen molar-refractivity contribution in [2.75, 3.05) is 7.11 Å². The van der Waals surface area contributed by atoms with Crippen LogP contribution in [-0.4, -0.2) is 12.9 Å². The fraction of sp³-hybridized carbons (Fsp3) is 0.375. The number of hydrogen-bond acceptors (Lipinski definition) is 2. The Hall–Kier alpha value is -2.53. The molecule has 0 bridgehead atoms. The van der Waals surface area contributed by atoms with Gasteiger partial charge in [0.1, 0.15) is 5.75 Å². The van der Waals surface area contributed by atoms with Gasteiger partial charge in [0.05, 0.1) is 7.11 Å². The van der Waals surface area contributed by atoms with Crippen molar-refractivity contribution in [2.45, 2.75) is 51.9 Å². The van der Waals surface area contributed by atoms with Crippen LogP contribution in [0.25, 0.3) is 0 Å². The number of ketones is 1. The second-order valence-corrected chi connectivity index (χ2v) is 6.50. The summed E-state index contributed by atoms with van der Waals surface area (Å²) in [6.07, 6.45) is 7.86. The average Bonchev–Trinajstić information content (AvgIpc) is 2.69. The van der Waals surface area contributed by atoms with Crippen LogP contribution in [0.1, 0.15) is 73.4 Å². The lowest BCUT2D eigenvalue weighted by Gasteiger charge is -2.02. The first kappa shape index (κ1) is 19.8. The number of Topliss-reactive ketones (excluding diaryl/α,β-unsaturated/α-hetero) is 1. The van der Waals surface area contributed by atoms with E-state index in [-0.39, 0.29) is 5.78 Å². The molecular weight excluding hydrogens is 320 g/mol. The van der Waals surface area contributed by atoms with Gasteiger partial charge in [-0.3, -0.25) is 4.79 Å². The summed E-state index contributed by atoms with van der Waals surface area (Å²) in [6, 6.07) is 15.3. The first-order chi connectivity index (χ1) is 12.7. The van der Waals surface area contributed by atoms with Gasteiger partial charge < -0.3 is 4.74 Å². The molecule has 0 amide bonds. The molecule has 26 heavy (non-hydrogen) atoms. The van der Waals surface area contributed by atoms with Crippen LogP contribution in [0.5, 0.6) is 5.75 Å². The Labute approximate surface area is 157 Å². The predicted octanol–water partition coefficient (Wildman–Crippen LogP) is 6.03. The molecule has 2 aromatic carbocycles. The van der Waals surface area contributed by atoms with Crippen LogP contribution in [0, 0.1) is 11.8 Å². The van der Waals surface area contributed by atoms with Crippen LogP contribution in [0.3, 0.4) is 0 Å². The number of carbonyl (C=O) groups excluding carboxylic acids is 1. The minimum absolute atomic E-state index is 0.232. The predicted molar refractivity (Wildman–Crippen MR) is 108 cm³/mol. The Morgan fingerprint density at radius 1 is 0.808 bits per heavy atom. The molecule has 0 atom stereocenters. The largest absolute Gasteiger partial charge is 0.497 e. The zero-order valence-corrected chi connectivity index (χ0v) is 15.9. The van der Waals surface area contributed by atoms with Gasteiger partial charge in [-0.2, -0.15) is 0 Å². The van der Waals surface area contributed by atoms with Crippen molar-refractivity contribution in [3.05, 3.63) is 65.2 Å². The fourth-order valence-corrected chi connectivity index (χ4v) is 2.77. The third kappa shape index (κ3) is 6.76. The summed E-state index contributed by atoms with van der Waals surface area (Å²) >= 11 is 0. The molecule has 136 valence electrons. The maximum absolute atomic E-state index is 12.2. The van der Waals surface area contributed by atoms with Gasteiger partial charge in [-0.05, 0) is 42.8 Å². The van der Waals surface area contributed by atoms with Crippen LogP contribution in [0.4, 0.5) is 0 Å². The Balaban J connectivity index is 1.83. The summed E-state index contributed by atoms with van der Waals surface area (Å²) in [6.45, 7) is 2.22. The molecule has 2 heteroatoms. The number of carbonyl (C=O) groups is 1. The maximum Gasteiger partial charge on any atom is 0.162 e. The number of methoxy groups -OCH3 is 1. The molecule has 0 radical (unpaired) electrons. The van der Waals surface area contributed by atoms with Gasteiger partial charge in [0.2, 0.25) is 0 Å². The van der Waals surface area contributed by atoms with Gasteiger partial charge in [-0.15, -0.1) is 0 Å². The Kier molecular flexibility index (Phi) is 8.49. The van der Waals surface area contributed by atoms with Crippen molar-refractivity contribution in [1.82, 2.24) is 0 Å². The van der Waals surface area contributed by atoms with E-state index >= 15 is 0 Å². The van der Waals surface area contributed by atoms with Crippen molar-refractivity contribution in [2.24, 2.45) is 0 Å². The summed E-state index contributed by atoms with van der Waals surface area (Å²) in [4.78, 5) is 12.2. The molecule has 0 saturated carbocycles. The van der Waals surface area contributed by atoms with E-state index in [2.05, 4.69) is 18.8 Å². The number of benzene rings is 2. The van der Waals surface area contributed by atoms with E-state index in [1.54, 1.807) is 7.11 Å². The molecule has 0 aliphatic rings. The van der Waals surface area contributed by atoms with Gasteiger partial charge in [0, 0.05) is 23.1 Å². The second-order valence-electron chi connectivity index (χ2n) is 6.50. The molecule has 0 fully saturated rings. The van der Waals surface area contributed by atoms with E-state index in [4.69, 9.17) is 4.74 Å². The summed E-state index contributed by atoms with van der Waals surface area (Å²) in [5.41, 5.74) is 2.64. The van der Waals surface area contributed by atoms with Gasteiger partial charge in [0.15, 0.2) is 5.78 Å². The lowest BCUT2D eigenvalue weighted by molar-refractivity contribution is 0.0979. The summed E-state index contributed by atoms with van der Waals surface area (Å²) in [7, 11) is 1.65. The first-order valence-electron chi connectivity index (χ1n) is 9.52. The average molecular weight is 348 g/mol. The normalized spacial score (nSPS) is 10.1. The van der Waals surface area contributed by atoms with Crippen LogP contribution in [0.2, 0.25) is 0 Å². The summed E-state index contributed by atoms with van der Waals surface area (Å²) in [5.74, 6) is 7.32. The van der Waals surface area contributed by atoms with Crippen molar-refractivity contribution < 1.29 is 9.53 Å². The van der Waals surface area contributed by atoms with Crippen LogP contribution < -0.4 is 4.74 Å². The number of hydrogen-bond donors (Lipinski definition) is 0. The third-order valence-electron chi connectivity index (χ3n) is 4.41. The van der Waals surface area contributed by atoms with Crippen molar-refractivity contribution in [3.63, 3.8) is 0 Å². The smallest absolute Gasteiger partial charge is 0.162 e. The molecule has 2 nitrogen and oxygen atoms in total. The highest BCUT2D eigenvalue weighted by Gasteiger charge is 2.05. The minimum Gasteiger partial charge on any atom is -0.497 e. The molecule has 0 aromatic heterocycles. The molecule has 2 aromatic rings. The topological polar surface area (TPSA) is 26.3 Å². The maximum atomic E-state index is 12.2. The lowest BCUT2D eigenvalue weighted by atomic mass is 10.0. The molecule has 0 unspecified atom stereocenters. The minimum atomic E-state index is 0.232. The number of ether oxygens (including phenoxy) is 1. The quantitative estimate of drug-likeness (QED) is 0.314. The second kappa shape index (κ2) is 11.2. The molecule has 0 spiro atoms. The van der Waals surface area contributed by atoms with Crippen molar-refractivity contribution >= 4 is 5.78 Å². The Morgan fingerprint density at radius 2 is 1.35 bits per heavy atom. The van der Waals surface area contributed by atoms with Crippen LogP contribution in [0.15, 0.2) is 48.5 Å². The van der Waals surface area contributed by atoms with Crippen LogP contribution >= 0.6 is 0 Å². The van der Waals surface area contributed by atoms with Gasteiger partial charge in [-0.1, -0.05) is 63.0 Å². The molecule has 2 rings (SSSR count). The van der Waals surface area contributed by atoms with Crippen LogP contribution in [-0.2, 0) is 0 Å². The van der Waals surface area contributed by atoms with Crippen molar-refractivity contribution in [1.29, 1.82) is 0 Å².